The van der Waals surface area contributed by atoms with Crippen LogP contribution in [0.2, 0.25) is 0 Å². The molecule has 0 heterocycles. The monoisotopic (exact) mass is 298 g/mol. The van der Waals surface area contributed by atoms with Crippen molar-refractivity contribution in [2.24, 2.45) is 17.8 Å². The van der Waals surface area contributed by atoms with Gasteiger partial charge >= 0.3 is 0 Å². The van der Waals surface area contributed by atoms with Crippen molar-refractivity contribution in [1.82, 2.24) is 0 Å². The average molecular weight is 299 g/mol. The van der Waals surface area contributed by atoms with Gasteiger partial charge in [0.1, 0.15) is 0 Å². The van der Waals surface area contributed by atoms with Gasteiger partial charge in [0.25, 0.3) is 0 Å². The molecule has 0 fully saturated rings. The zero-order valence-electron chi connectivity index (χ0n) is 16.0. The van der Waals surface area contributed by atoms with E-state index < -0.39 is 0 Å². The molecule has 1 nitrogen and oxygen atoms in total. The second kappa shape index (κ2) is 11.5. The molecule has 128 valence electrons. The van der Waals surface area contributed by atoms with E-state index in [4.69, 9.17) is 4.74 Å². The molecule has 0 amide bonds. The first-order chi connectivity index (χ1) is 9.76. The lowest BCUT2D eigenvalue weighted by atomic mass is 9.95. The maximum atomic E-state index is 6.14. The van der Waals surface area contributed by atoms with Gasteiger partial charge in [-0.1, -0.05) is 73.1 Å². The molecule has 0 aliphatic rings. The summed E-state index contributed by atoms with van der Waals surface area (Å²) in [5, 5.41) is 0. The van der Waals surface area contributed by atoms with Crippen LogP contribution in [0.1, 0.15) is 99.8 Å². The molecule has 21 heavy (non-hydrogen) atoms. The molecule has 0 rings (SSSR count). The van der Waals surface area contributed by atoms with Crippen molar-refractivity contribution in [2.45, 2.75) is 105 Å². The Balaban J connectivity index is 3.67. The molecule has 0 aliphatic carbocycles. The van der Waals surface area contributed by atoms with E-state index in [2.05, 4.69) is 48.5 Å². The molecule has 2 atom stereocenters. The van der Waals surface area contributed by atoms with Crippen molar-refractivity contribution in [1.29, 1.82) is 0 Å². The number of ether oxygens (including phenoxy) is 1. The SMILES string of the molecule is CCC(C)CCCC(C)(C)OCCC(C)CCCC(C)C. The van der Waals surface area contributed by atoms with Gasteiger partial charge in [0.15, 0.2) is 0 Å². The summed E-state index contributed by atoms with van der Waals surface area (Å²) in [5.41, 5.74) is 0.0606. The first-order valence-corrected chi connectivity index (χ1v) is 9.40. The standard InChI is InChI=1S/C20H42O/c1-8-18(4)13-10-15-20(6,7)21-16-14-19(5)12-9-11-17(2)3/h17-19H,8-16H2,1-7H3. The van der Waals surface area contributed by atoms with Gasteiger partial charge in [-0.3, -0.25) is 0 Å². The first-order valence-electron chi connectivity index (χ1n) is 9.40. The van der Waals surface area contributed by atoms with Crippen LogP contribution in [0.5, 0.6) is 0 Å². The summed E-state index contributed by atoms with van der Waals surface area (Å²) in [4.78, 5) is 0. The minimum absolute atomic E-state index is 0.0606. The summed E-state index contributed by atoms with van der Waals surface area (Å²) in [6.07, 6.45) is 10.4. The maximum Gasteiger partial charge on any atom is 0.0626 e. The second-order valence-corrected chi connectivity index (χ2v) is 8.23. The molecular formula is C20H42O. The van der Waals surface area contributed by atoms with E-state index in [1.54, 1.807) is 0 Å². The van der Waals surface area contributed by atoms with E-state index in [1.165, 1.54) is 51.4 Å². The van der Waals surface area contributed by atoms with E-state index >= 15 is 0 Å². The van der Waals surface area contributed by atoms with Gasteiger partial charge in [-0.25, -0.2) is 0 Å². The lowest BCUT2D eigenvalue weighted by Crippen LogP contribution is -2.25. The Morgan fingerprint density at radius 1 is 0.810 bits per heavy atom. The Kier molecular flexibility index (Phi) is 11.5. The predicted octanol–water partition coefficient (Wildman–Crippen LogP) is 6.85. The molecule has 0 aromatic carbocycles. The largest absolute Gasteiger partial charge is 0.376 e. The fourth-order valence-electron chi connectivity index (χ4n) is 2.71. The van der Waals surface area contributed by atoms with Crippen LogP contribution in [-0.4, -0.2) is 12.2 Å². The molecule has 0 saturated heterocycles. The van der Waals surface area contributed by atoms with Crippen LogP contribution in [0.3, 0.4) is 0 Å². The number of rotatable bonds is 13. The minimum atomic E-state index is 0.0606. The first kappa shape index (κ1) is 21.0. The zero-order valence-corrected chi connectivity index (χ0v) is 16.0. The van der Waals surface area contributed by atoms with Crippen molar-refractivity contribution in [3.05, 3.63) is 0 Å². The Hall–Kier alpha value is -0.0400. The van der Waals surface area contributed by atoms with Crippen LogP contribution in [-0.2, 0) is 4.74 Å². The summed E-state index contributed by atoms with van der Waals surface area (Å²) in [6, 6.07) is 0. The van der Waals surface area contributed by atoms with Gasteiger partial charge < -0.3 is 4.74 Å². The normalized spacial score (nSPS) is 15.4. The van der Waals surface area contributed by atoms with E-state index in [0.717, 1.165) is 24.4 Å². The lowest BCUT2D eigenvalue weighted by molar-refractivity contribution is -0.0306. The van der Waals surface area contributed by atoms with E-state index in [1.807, 2.05) is 0 Å². The average Bonchev–Trinajstić information content (AvgIpc) is 2.37. The Labute approximate surface area is 135 Å². The minimum Gasteiger partial charge on any atom is -0.376 e. The number of hydrogen-bond acceptors (Lipinski definition) is 1. The summed E-state index contributed by atoms with van der Waals surface area (Å²) >= 11 is 0. The van der Waals surface area contributed by atoms with E-state index in [0.29, 0.717) is 0 Å². The van der Waals surface area contributed by atoms with Crippen LogP contribution < -0.4 is 0 Å². The van der Waals surface area contributed by atoms with Crippen molar-refractivity contribution in [3.8, 4) is 0 Å². The predicted molar refractivity (Wildman–Crippen MR) is 95.8 cm³/mol. The third-order valence-corrected chi connectivity index (χ3v) is 4.75. The van der Waals surface area contributed by atoms with E-state index in [-0.39, 0.29) is 5.60 Å². The Bertz CT molecular complexity index is 232. The van der Waals surface area contributed by atoms with Crippen LogP contribution >= 0.6 is 0 Å². The molecule has 0 bridgehead atoms. The Morgan fingerprint density at radius 2 is 1.43 bits per heavy atom. The highest BCUT2D eigenvalue weighted by atomic mass is 16.5. The third-order valence-electron chi connectivity index (χ3n) is 4.75. The van der Waals surface area contributed by atoms with E-state index in [9.17, 15) is 0 Å². The smallest absolute Gasteiger partial charge is 0.0626 e. The van der Waals surface area contributed by atoms with Crippen LogP contribution in [0.15, 0.2) is 0 Å². The molecule has 2 unspecified atom stereocenters. The second-order valence-electron chi connectivity index (χ2n) is 8.23. The molecule has 0 aliphatic heterocycles. The fraction of sp³-hybridized carbons (Fsp3) is 1.00. The lowest BCUT2D eigenvalue weighted by Gasteiger charge is -2.26. The quantitative estimate of drug-likeness (QED) is 0.361. The van der Waals surface area contributed by atoms with Crippen LogP contribution in [0.25, 0.3) is 0 Å². The topological polar surface area (TPSA) is 9.23 Å². The molecule has 0 saturated carbocycles. The van der Waals surface area contributed by atoms with Gasteiger partial charge in [-0.15, -0.1) is 0 Å². The van der Waals surface area contributed by atoms with Crippen molar-refractivity contribution < 1.29 is 4.74 Å². The molecule has 0 radical (unpaired) electrons. The third kappa shape index (κ3) is 13.4. The molecule has 1 heteroatoms. The van der Waals surface area contributed by atoms with Crippen LogP contribution in [0.4, 0.5) is 0 Å². The van der Waals surface area contributed by atoms with Gasteiger partial charge in [0.2, 0.25) is 0 Å². The summed E-state index contributed by atoms with van der Waals surface area (Å²) in [7, 11) is 0. The zero-order chi connectivity index (χ0) is 16.3. The molecular weight excluding hydrogens is 256 g/mol. The fourth-order valence-corrected chi connectivity index (χ4v) is 2.71. The Morgan fingerprint density at radius 3 is 2.00 bits per heavy atom. The molecule has 0 aromatic rings. The molecule has 0 spiro atoms. The summed E-state index contributed by atoms with van der Waals surface area (Å²) < 4.78 is 6.14. The summed E-state index contributed by atoms with van der Waals surface area (Å²) in [6.45, 7) is 17.1. The summed E-state index contributed by atoms with van der Waals surface area (Å²) in [5.74, 6) is 2.51. The highest BCUT2D eigenvalue weighted by Crippen LogP contribution is 2.22. The highest BCUT2D eigenvalue weighted by molar-refractivity contribution is 4.69. The highest BCUT2D eigenvalue weighted by Gasteiger charge is 2.18. The van der Waals surface area contributed by atoms with Gasteiger partial charge in [-0.2, -0.15) is 0 Å². The van der Waals surface area contributed by atoms with Crippen LogP contribution in [0, 0.1) is 17.8 Å². The molecule has 0 N–H and O–H groups in total. The number of hydrogen-bond donors (Lipinski definition) is 0. The van der Waals surface area contributed by atoms with Gasteiger partial charge in [0.05, 0.1) is 5.60 Å². The van der Waals surface area contributed by atoms with Crippen molar-refractivity contribution in [2.75, 3.05) is 6.61 Å². The van der Waals surface area contributed by atoms with Crippen molar-refractivity contribution in [3.63, 3.8) is 0 Å². The van der Waals surface area contributed by atoms with Gasteiger partial charge in [0, 0.05) is 6.61 Å². The van der Waals surface area contributed by atoms with Gasteiger partial charge in [-0.05, 0) is 44.4 Å². The van der Waals surface area contributed by atoms with Crippen molar-refractivity contribution >= 4 is 0 Å². The molecule has 0 aromatic heterocycles. The maximum absolute atomic E-state index is 6.14.